The molecule has 1 aromatic carbocycles. The third-order valence-corrected chi connectivity index (χ3v) is 3.13. The van der Waals surface area contributed by atoms with Crippen molar-refractivity contribution in [3.8, 4) is 5.75 Å². The van der Waals surface area contributed by atoms with Crippen LogP contribution < -0.4 is 10.5 Å². The Balaban J connectivity index is 2.36. The van der Waals surface area contributed by atoms with Gasteiger partial charge in [-0.25, -0.2) is 9.07 Å². The SMILES string of the molecule is COc1cc(Sc2nnnn2C)c(F)cc1N. The molecule has 90 valence electrons. The molecular weight excluding hydrogens is 245 g/mol. The zero-order valence-corrected chi connectivity index (χ0v) is 10.0. The summed E-state index contributed by atoms with van der Waals surface area (Å²) in [6.45, 7) is 0. The first-order valence-electron chi connectivity index (χ1n) is 4.65. The van der Waals surface area contributed by atoms with Crippen molar-refractivity contribution in [1.29, 1.82) is 0 Å². The Morgan fingerprint density at radius 2 is 2.24 bits per heavy atom. The van der Waals surface area contributed by atoms with Crippen molar-refractivity contribution < 1.29 is 9.13 Å². The Bertz CT molecular complexity index is 544. The lowest BCUT2D eigenvalue weighted by Crippen LogP contribution is -1.96. The molecule has 0 aliphatic rings. The van der Waals surface area contributed by atoms with E-state index in [2.05, 4.69) is 15.5 Å². The first-order valence-corrected chi connectivity index (χ1v) is 5.46. The maximum atomic E-state index is 13.7. The number of nitrogens with zero attached hydrogens (tertiary/aromatic N) is 4. The van der Waals surface area contributed by atoms with Crippen LogP contribution in [0.2, 0.25) is 0 Å². The Morgan fingerprint density at radius 3 is 2.82 bits per heavy atom. The van der Waals surface area contributed by atoms with Gasteiger partial charge in [0.1, 0.15) is 11.6 Å². The van der Waals surface area contributed by atoms with E-state index < -0.39 is 5.82 Å². The van der Waals surface area contributed by atoms with Crippen molar-refractivity contribution in [2.24, 2.45) is 7.05 Å². The molecule has 2 N–H and O–H groups in total. The van der Waals surface area contributed by atoms with Crippen molar-refractivity contribution in [1.82, 2.24) is 20.2 Å². The lowest BCUT2D eigenvalue weighted by atomic mass is 10.3. The van der Waals surface area contributed by atoms with Crippen LogP contribution in [0, 0.1) is 5.82 Å². The fourth-order valence-corrected chi connectivity index (χ4v) is 1.98. The van der Waals surface area contributed by atoms with Gasteiger partial charge in [-0.3, -0.25) is 0 Å². The number of aromatic nitrogens is 4. The van der Waals surface area contributed by atoms with Crippen LogP contribution in [0.1, 0.15) is 0 Å². The van der Waals surface area contributed by atoms with Crippen LogP contribution in [0.4, 0.5) is 10.1 Å². The van der Waals surface area contributed by atoms with E-state index in [0.29, 0.717) is 15.8 Å². The third kappa shape index (κ3) is 2.31. The fourth-order valence-electron chi connectivity index (χ4n) is 1.21. The number of methoxy groups -OCH3 is 1. The largest absolute Gasteiger partial charge is 0.495 e. The van der Waals surface area contributed by atoms with Crippen molar-refractivity contribution in [2.75, 3.05) is 12.8 Å². The number of tetrazole rings is 1. The normalized spacial score (nSPS) is 10.5. The summed E-state index contributed by atoms with van der Waals surface area (Å²) in [5.41, 5.74) is 5.84. The molecule has 0 aliphatic carbocycles. The fraction of sp³-hybridized carbons (Fsp3) is 0.222. The summed E-state index contributed by atoms with van der Waals surface area (Å²) in [5, 5.41) is 11.4. The second kappa shape index (κ2) is 4.58. The third-order valence-electron chi connectivity index (χ3n) is 2.07. The Labute approximate surface area is 101 Å². The number of nitrogen functional groups attached to an aromatic ring is 1. The number of ether oxygens (including phenoxy) is 1. The van der Waals surface area contributed by atoms with E-state index in [1.807, 2.05) is 0 Å². The maximum Gasteiger partial charge on any atom is 0.213 e. The van der Waals surface area contributed by atoms with Gasteiger partial charge >= 0.3 is 0 Å². The van der Waals surface area contributed by atoms with Crippen LogP contribution in [0.25, 0.3) is 0 Å². The van der Waals surface area contributed by atoms with Gasteiger partial charge < -0.3 is 10.5 Å². The number of anilines is 1. The number of hydrogen-bond acceptors (Lipinski definition) is 6. The first kappa shape index (κ1) is 11.6. The van der Waals surface area contributed by atoms with Gasteiger partial charge in [0.15, 0.2) is 0 Å². The lowest BCUT2D eigenvalue weighted by molar-refractivity contribution is 0.414. The summed E-state index contributed by atoms with van der Waals surface area (Å²) in [6.07, 6.45) is 0. The van der Waals surface area contributed by atoms with Gasteiger partial charge in [-0.05, 0) is 28.3 Å². The molecule has 0 atom stereocenters. The second-order valence-electron chi connectivity index (χ2n) is 3.21. The van der Waals surface area contributed by atoms with Crippen LogP contribution >= 0.6 is 11.8 Å². The van der Waals surface area contributed by atoms with Crippen LogP contribution in [0.3, 0.4) is 0 Å². The molecule has 0 saturated heterocycles. The Hall–Kier alpha value is -1.83. The molecule has 0 radical (unpaired) electrons. The molecule has 0 unspecified atom stereocenters. The summed E-state index contributed by atoms with van der Waals surface area (Å²) in [7, 11) is 3.15. The summed E-state index contributed by atoms with van der Waals surface area (Å²) >= 11 is 1.10. The molecule has 1 heterocycles. The van der Waals surface area contributed by atoms with Crippen molar-refractivity contribution in [2.45, 2.75) is 10.1 Å². The Kier molecular flexibility index (Phi) is 3.14. The van der Waals surface area contributed by atoms with Gasteiger partial charge in [-0.1, -0.05) is 0 Å². The smallest absolute Gasteiger partial charge is 0.213 e. The molecule has 1 aromatic heterocycles. The van der Waals surface area contributed by atoms with Gasteiger partial charge in [-0.2, -0.15) is 0 Å². The van der Waals surface area contributed by atoms with Gasteiger partial charge in [0.05, 0.1) is 17.7 Å². The van der Waals surface area contributed by atoms with Crippen molar-refractivity contribution >= 4 is 17.4 Å². The molecule has 0 aliphatic heterocycles. The first-order chi connectivity index (χ1) is 8.11. The highest BCUT2D eigenvalue weighted by molar-refractivity contribution is 7.99. The van der Waals surface area contributed by atoms with E-state index in [4.69, 9.17) is 10.5 Å². The average molecular weight is 255 g/mol. The lowest BCUT2D eigenvalue weighted by Gasteiger charge is -2.07. The predicted molar refractivity (Wildman–Crippen MR) is 60.3 cm³/mol. The predicted octanol–water partition coefficient (Wildman–Crippen LogP) is 1.09. The molecule has 6 nitrogen and oxygen atoms in total. The average Bonchev–Trinajstić information content (AvgIpc) is 2.68. The minimum Gasteiger partial charge on any atom is -0.495 e. The van der Waals surface area contributed by atoms with E-state index >= 15 is 0 Å². The monoisotopic (exact) mass is 255 g/mol. The van der Waals surface area contributed by atoms with Crippen LogP contribution in [-0.4, -0.2) is 27.3 Å². The molecule has 8 heteroatoms. The molecular formula is C9H10FN5OS. The summed E-state index contributed by atoms with van der Waals surface area (Å²) in [4.78, 5) is 0.356. The van der Waals surface area contributed by atoms with Crippen LogP contribution in [0.15, 0.2) is 22.2 Å². The molecule has 0 amide bonds. The number of halogens is 1. The van der Waals surface area contributed by atoms with E-state index in [0.717, 1.165) is 11.8 Å². The molecule has 0 fully saturated rings. The number of hydrogen-bond donors (Lipinski definition) is 1. The molecule has 0 spiro atoms. The summed E-state index contributed by atoms with van der Waals surface area (Å²) in [5.74, 6) is -0.0136. The second-order valence-corrected chi connectivity index (χ2v) is 4.22. The number of nitrogens with two attached hydrogens (primary N) is 1. The quantitative estimate of drug-likeness (QED) is 0.827. The van der Waals surface area contributed by atoms with Crippen LogP contribution in [-0.2, 0) is 7.05 Å². The molecule has 2 rings (SSSR count). The molecule has 17 heavy (non-hydrogen) atoms. The van der Waals surface area contributed by atoms with E-state index in [1.54, 1.807) is 7.05 Å². The van der Waals surface area contributed by atoms with Crippen molar-refractivity contribution in [3.05, 3.63) is 17.9 Å². The molecule has 2 aromatic rings. The highest BCUT2D eigenvalue weighted by atomic mass is 32.2. The molecule has 0 saturated carbocycles. The molecule has 0 bridgehead atoms. The van der Waals surface area contributed by atoms with E-state index in [9.17, 15) is 4.39 Å². The highest BCUT2D eigenvalue weighted by Crippen LogP contribution is 2.33. The zero-order valence-electron chi connectivity index (χ0n) is 9.22. The number of rotatable bonds is 3. The number of aryl methyl sites for hydroxylation is 1. The topological polar surface area (TPSA) is 78.9 Å². The van der Waals surface area contributed by atoms with Gasteiger partial charge in [0.25, 0.3) is 0 Å². The van der Waals surface area contributed by atoms with Crippen LogP contribution in [0.5, 0.6) is 5.75 Å². The zero-order chi connectivity index (χ0) is 12.4. The van der Waals surface area contributed by atoms with Gasteiger partial charge in [-0.15, -0.1) is 5.10 Å². The summed E-state index contributed by atoms with van der Waals surface area (Å²) in [6, 6.07) is 2.73. The maximum absolute atomic E-state index is 13.7. The van der Waals surface area contributed by atoms with Crippen molar-refractivity contribution in [3.63, 3.8) is 0 Å². The number of benzene rings is 1. The standard InChI is InChI=1S/C9H10FN5OS/c1-15-9(12-13-14-15)17-8-4-7(16-2)6(11)3-5(8)10/h3-4H,11H2,1-2H3. The highest BCUT2D eigenvalue weighted by Gasteiger charge is 2.12. The van der Waals surface area contributed by atoms with Gasteiger partial charge in [0, 0.05) is 13.1 Å². The summed E-state index contributed by atoms with van der Waals surface area (Å²) < 4.78 is 20.1. The van der Waals surface area contributed by atoms with Gasteiger partial charge in [0.2, 0.25) is 5.16 Å². The van der Waals surface area contributed by atoms with E-state index in [-0.39, 0.29) is 5.69 Å². The Morgan fingerprint density at radius 1 is 1.47 bits per heavy atom. The minimum absolute atomic E-state index is 0.255. The van der Waals surface area contributed by atoms with E-state index in [1.165, 1.54) is 23.9 Å². The minimum atomic E-state index is -0.434.